The first-order chi connectivity index (χ1) is 9.58. The number of morpholine rings is 1. The van der Waals surface area contributed by atoms with Gasteiger partial charge in [-0.3, -0.25) is 9.69 Å². The van der Waals surface area contributed by atoms with Crippen LogP contribution in [0.15, 0.2) is 0 Å². The van der Waals surface area contributed by atoms with Gasteiger partial charge in [0.25, 0.3) is 0 Å². The predicted molar refractivity (Wildman–Crippen MR) is 79.4 cm³/mol. The van der Waals surface area contributed by atoms with Crippen LogP contribution in [-0.2, 0) is 9.53 Å². The van der Waals surface area contributed by atoms with Crippen LogP contribution in [0.2, 0.25) is 0 Å². The fraction of sp³-hybridized carbons (Fsp3) is 0.933. The van der Waals surface area contributed by atoms with Crippen molar-refractivity contribution in [3.05, 3.63) is 0 Å². The SMILES string of the molecule is CC1CN(CCC2CCN(C(=O)CN)CC2)CC(C)O1. The van der Waals surface area contributed by atoms with E-state index in [0.717, 1.165) is 51.5 Å². The summed E-state index contributed by atoms with van der Waals surface area (Å²) in [6.07, 6.45) is 4.19. The normalized spacial score (nSPS) is 29.6. The molecule has 0 saturated carbocycles. The fourth-order valence-corrected chi connectivity index (χ4v) is 3.43. The van der Waals surface area contributed by atoms with Gasteiger partial charge >= 0.3 is 0 Å². The molecular formula is C15H29N3O2. The summed E-state index contributed by atoms with van der Waals surface area (Å²) in [4.78, 5) is 16.0. The summed E-state index contributed by atoms with van der Waals surface area (Å²) in [5.41, 5.74) is 5.41. The van der Waals surface area contributed by atoms with Gasteiger partial charge in [0.1, 0.15) is 0 Å². The van der Waals surface area contributed by atoms with E-state index in [2.05, 4.69) is 18.7 Å². The standard InChI is InChI=1S/C15H29N3O2/c1-12-10-17(11-13(2)20-12)6-3-14-4-7-18(8-5-14)15(19)9-16/h12-14H,3-11,16H2,1-2H3. The van der Waals surface area contributed by atoms with E-state index < -0.39 is 0 Å². The summed E-state index contributed by atoms with van der Waals surface area (Å²) >= 11 is 0. The summed E-state index contributed by atoms with van der Waals surface area (Å²) in [6, 6.07) is 0. The van der Waals surface area contributed by atoms with Crippen LogP contribution in [0.4, 0.5) is 0 Å². The summed E-state index contributed by atoms with van der Waals surface area (Å²) in [5.74, 6) is 0.851. The van der Waals surface area contributed by atoms with Crippen molar-refractivity contribution in [1.82, 2.24) is 9.80 Å². The first kappa shape index (κ1) is 15.7. The van der Waals surface area contributed by atoms with Crippen LogP contribution in [0, 0.1) is 5.92 Å². The molecule has 2 aliphatic rings. The second-order valence-corrected chi connectivity index (χ2v) is 6.33. The molecular weight excluding hydrogens is 254 g/mol. The van der Waals surface area contributed by atoms with E-state index in [1.54, 1.807) is 0 Å². The number of carbonyl (C=O) groups excluding carboxylic acids is 1. The van der Waals surface area contributed by atoms with Gasteiger partial charge in [0.2, 0.25) is 5.91 Å². The van der Waals surface area contributed by atoms with Crippen molar-refractivity contribution < 1.29 is 9.53 Å². The van der Waals surface area contributed by atoms with E-state index in [9.17, 15) is 4.79 Å². The molecule has 2 fully saturated rings. The largest absolute Gasteiger partial charge is 0.373 e. The summed E-state index contributed by atoms with van der Waals surface area (Å²) in [6.45, 7) is 9.48. The van der Waals surface area contributed by atoms with Crippen molar-refractivity contribution in [2.24, 2.45) is 11.7 Å². The molecule has 0 bridgehead atoms. The minimum atomic E-state index is 0.0966. The Hall–Kier alpha value is -0.650. The van der Waals surface area contributed by atoms with Crippen LogP contribution < -0.4 is 5.73 Å². The number of hydrogen-bond donors (Lipinski definition) is 1. The maximum Gasteiger partial charge on any atom is 0.236 e. The molecule has 1 amide bonds. The number of ether oxygens (including phenoxy) is 1. The molecule has 116 valence electrons. The highest BCUT2D eigenvalue weighted by molar-refractivity contribution is 5.78. The molecule has 2 rings (SSSR count). The smallest absolute Gasteiger partial charge is 0.236 e. The molecule has 2 N–H and O–H groups in total. The topological polar surface area (TPSA) is 58.8 Å². The Morgan fingerprint density at radius 2 is 1.80 bits per heavy atom. The van der Waals surface area contributed by atoms with Crippen molar-refractivity contribution in [2.45, 2.75) is 45.3 Å². The van der Waals surface area contributed by atoms with Crippen molar-refractivity contribution >= 4 is 5.91 Å². The Morgan fingerprint density at radius 3 is 2.35 bits per heavy atom. The van der Waals surface area contributed by atoms with Crippen LogP contribution >= 0.6 is 0 Å². The number of hydrogen-bond acceptors (Lipinski definition) is 4. The van der Waals surface area contributed by atoms with Gasteiger partial charge in [-0.2, -0.15) is 0 Å². The highest BCUT2D eigenvalue weighted by Gasteiger charge is 2.25. The molecule has 20 heavy (non-hydrogen) atoms. The predicted octanol–water partition coefficient (Wildman–Crippen LogP) is 0.683. The van der Waals surface area contributed by atoms with Crippen LogP contribution in [0.25, 0.3) is 0 Å². The highest BCUT2D eigenvalue weighted by atomic mass is 16.5. The average Bonchev–Trinajstić information content (AvgIpc) is 2.44. The van der Waals surface area contributed by atoms with Gasteiger partial charge in [0.15, 0.2) is 0 Å². The molecule has 2 saturated heterocycles. The van der Waals surface area contributed by atoms with Crippen molar-refractivity contribution in [1.29, 1.82) is 0 Å². The van der Waals surface area contributed by atoms with Crippen molar-refractivity contribution in [2.75, 3.05) is 39.3 Å². The van der Waals surface area contributed by atoms with E-state index in [-0.39, 0.29) is 12.5 Å². The van der Waals surface area contributed by atoms with Crippen LogP contribution in [-0.4, -0.2) is 67.2 Å². The molecule has 5 nitrogen and oxygen atoms in total. The summed E-state index contributed by atoms with van der Waals surface area (Å²) in [5, 5.41) is 0. The number of rotatable bonds is 4. The second kappa shape index (κ2) is 7.38. The first-order valence-electron chi connectivity index (χ1n) is 7.94. The van der Waals surface area contributed by atoms with Crippen molar-refractivity contribution in [3.8, 4) is 0 Å². The van der Waals surface area contributed by atoms with E-state index in [4.69, 9.17) is 10.5 Å². The minimum Gasteiger partial charge on any atom is -0.373 e. The first-order valence-corrected chi connectivity index (χ1v) is 7.94. The second-order valence-electron chi connectivity index (χ2n) is 6.33. The van der Waals surface area contributed by atoms with E-state index in [1.807, 2.05) is 4.90 Å². The highest BCUT2D eigenvalue weighted by Crippen LogP contribution is 2.21. The van der Waals surface area contributed by atoms with Crippen molar-refractivity contribution in [3.63, 3.8) is 0 Å². The number of nitrogens with zero attached hydrogens (tertiary/aromatic N) is 2. The molecule has 2 heterocycles. The maximum atomic E-state index is 11.5. The van der Waals surface area contributed by atoms with E-state index >= 15 is 0 Å². The fourth-order valence-electron chi connectivity index (χ4n) is 3.43. The quantitative estimate of drug-likeness (QED) is 0.824. The average molecular weight is 283 g/mol. The summed E-state index contributed by atoms with van der Waals surface area (Å²) in [7, 11) is 0. The third-order valence-corrected chi connectivity index (χ3v) is 4.49. The van der Waals surface area contributed by atoms with E-state index in [0.29, 0.717) is 12.2 Å². The molecule has 2 atom stereocenters. The lowest BCUT2D eigenvalue weighted by molar-refractivity contribution is -0.131. The Balaban J connectivity index is 1.67. The van der Waals surface area contributed by atoms with Crippen LogP contribution in [0.5, 0.6) is 0 Å². The third kappa shape index (κ3) is 4.43. The molecule has 0 aromatic carbocycles. The molecule has 0 radical (unpaired) electrons. The van der Waals surface area contributed by atoms with E-state index in [1.165, 1.54) is 6.42 Å². The van der Waals surface area contributed by atoms with Crippen LogP contribution in [0.3, 0.4) is 0 Å². The van der Waals surface area contributed by atoms with Gasteiger partial charge in [0.05, 0.1) is 18.8 Å². The Bertz CT molecular complexity index is 306. The Morgan fingerprint density at radius 1 is 1.20 bits per heavy atom. The molecule has 2 aliphatic heterocycles. The molecule has 5 heteroatoms. The monoisotopic (exact) mass is 283 g/mol. The lowest BCUT2D eigenvalue weighted by atomic mass is 9.93. The molecule has 2 unspecified atom stereocenters. The van der Waals surface area contributed by atoms with Gasteiger partial charge in [-0.25, -0.2) is 0 Å². The van der Waals surface area contributed by atoms with Gasteiger partial charge in [-0.1, -0.05) is 0 Å². The number of amides is 1. The lowest BCUT2D eigenvalue weighted by Crippen LogP contribution is -2.46. The zero-order valence-corrected chi connectivity index (χ0v) is 12.9. The summed E-state index contributed by atoms with van der Waals surface area (Å²) < 4.78 is 5.76. The van der Waals surface area contributed by atoms with Gasteiger partial charge in [-0.05, 0) is 45.6 Å². The van der Waals surface area contributed by atoms with Gasteiger partial charge < -0.3 is 15.4 Å². The number of piperidine rings is 1. The van der Waals surface area contributed by atoms with Crippen LogP contribution in [0.1, 0.15) is 33.1 Å². The molecule has 0 aromatic heterocycles. The molecule has 0 aliphatic carbocycles. The number of likely N-dealkylation sites (tertiary alicyclic amines) is 1. The Kier molecular flexibility index (Phi) is 5.81. The van der Waals surface area contributed by atoms with Gasteiger partial charge in [0, 0.05) is 26.2 Å². The number of carbonyl (C=O) groups is 1. The minimum absolute atomic E-state index is 0.0966. The molecule has 0 aromatic rings. The number of nitrogens with two attached hydrogens (primary N) is 1. The maximum absolute atomic E-state index is 11.5. The third-order valence-electron chi connectivity index (χ3n) is 4.49. The lowest BCUT2D eigenvalue weighted by Gasteiger charge is -2.37. The zero-order valence-electron chi connectivity index (χ0n) is 12.9. The van der Waals surface area contributed by atoms with Gasteiger partial charge in [-0.15, -0.1) is 0 Å². The Labute approximate surface area is 122 Å². The zero-order chi connectivity index (χ0) is 14.5. The molecule has 0 spiro atoms.